The molecule has 0 aliphatic rings. The maximum absolute atomic E-state index is 12.6. The van der Waals surface area contributed by atoms with Crippen molar-refractivity contribution in [2.45, 2.75) is 52.4 Å². The van der Waals surface area contributed by atoms with E-state index in [-0.39, 0.29) is 22.5 Å². The van der Waals surface area contributed by atoms with E-state index >= 15 is 0 Å². The minimum absolute atomic E-state index is 0.208. The molecule has 0 saturated carbocycles. The SMILES string of the molecule is Cn1[nH]c(C(C)(C)C)c(N=Nc2c(C#N)c(C(C)(C)C)nn2-c2ccccn2)c1=O. The Morgan fingerprint density at radius 3 is 2.33 bits per heavy atom. The molecule has 3 aromatic heterocycles. The van der Waals surface area contributed by atoms with Gasteiger partial charge in [-0.05, 0) is 12.1 Å². The van der Waals surface area contributed by atoms with Crippen molar-refractivity contribution in [3.05, 3.63) is 51.7 Å². The number of pyridine rings is 1. The molecule has 0 unspecified atom stereocenters. The summed E-state index contributed by atoms with van der Waals surface area (Å²) in [6.45, 7) is 11.9. The molecule has 0 amide bonds. The molecule has 0 atom stereocenters. The second kappa shape index (κ2) is 7.37. The summed E-state index contributed by atoms with van der Waals surface area (Å²) >= 11 is 0. The smallest absolute Gasteiger partial charge is 0.294 e. The van der Waals surface area contributed by atoms with Crippen LogP contribution in [-0.4, -0.2) is 24.5 Å². The molecule has 0 aliphatic heterocycles. The number of nitriles is 1. The van der Waals surface area contributed by atoms with Gasteiger partial charge in [-0.15, -0.1) is 10.2 Å². The van der Waals surface area contributed by atoms with Gasteiger partial charge in [-0.25, -0.2) is 4.98 Å². The van der Waals surface area contributed by atoms with E-state index in [9.17, 15) is 10.1 Å². The van der Waals surface area contributed by atoms with Gasteiger partial charge in [0.1, 0.15) is 11.6 Å². The summed E-state index contributed by atoms with van der Waals surface area (Å²) in [5.74, 6) is 0.751. The van der Waals surface area contributed by atoms with Crippen LogP contribution in [0.15, 0.2) is 39.4 Å². The van der Waals surface area contributed by atoms with Crippen LogP contribution in [0.2, 0.25) is 0 Å². The summed E-state index contributed by atoms with van der Waals surface area (Å²) in [5.41, 5.74) is 0.740. The van der Waals surface area contributed by atoms with Crippen molar-refractivity contribution in [2.75, 3.05) is 0 Å². The second-order valence-electron chi connectivity index (χ2n) is 9.16. The number of hydrogen-bond acceptors (Lipinski definition) is 6. The summed E-state index contributed by atoms with van der Waals surface area (Å²) in [4.78, 5) is 16.9. The molecule has 3 rings (SSSR count). The Balaban J connectivity index is 2.26. The Bertz CT molecular complexity index is 1190. The zero-order chi connectivity index (χ0) is 22.3. The van der Waals surface area contributed by atoms with Crippen molar-refractivity contribution in [1.82, 2.24) is 24.5 Å². The van der Waals surface area contributed by atoms with Gasteiger partial charge in [0.05, 0.1) is 11.4 Å². The maximum atomic E-state index is 12.6. The Kier molecular flexibility index (Phi) is 5.20. The summed E-state index contributed by atoms with van der Waals surface area (Å²) in [7, 11) is 1.63. The molecule has 9 nitrogen and oxygen atoms in total. The van der Waals surface area contributed by atoms with E-state index in [2.05, 4.69) is 31.5 Å². The molecule has 0 radical (unpaired) electrons. The highest BCUT2D eigenvalue weighted by Gasteiger charge is 2.29. The van der Waals surface area contributed by atoms with Gasteiger partial charge < -0.3 is 0 Å². The van der Waals surface area contributed by atoms with E-state index in [0.29, 0.717) is 22.8 Å². The Hall–Kier alpha value is -3.54. The van der Waals surface area contributed by atoms with E-state index in [4.69, 9.17) is 0 Å². The lowest BCUT2D eigenvalue weighted by Gasteiger charge is -2.16. The lowest BCUT2D eigenvalue weighted by Crippen LogP contribution is -2.14. The molecule has 0 aliphatic carbocycles. The standard InChI is InChI=1S/C21H26N8O/c1-20(2,3)16-13(12-22)18(29(27-16)14-10-8-9-11-23-14)25-24-15-17(21(4,5)6)26-28(7)19(15)30/h8-11,26H,1-7H3. The summed E-state index contributed by atoms with van der Waals surface area (Å²) in [6, 6.07) is 7.60. The van der Waals surface area contributed by atoms with Crippen LogP contribution in [0.1, 0.15) is 58.5 Å². The molecule has 0 spiro atoms. The Morgan fingerprint density at radius 2 is 1.80 bits per heavy atom. The molecule has 0 saturated heterocycles. The average molecular weight is 406 g/mol. The predicted molar refractivity (Wildman–Crippen MR) is 114 cm³/mol. The van der Waals surface area contributed by atoms with Crippen LogP contribution < -0.4 is 5.56 Å². The van der Waals surface area contributed by atoms with Gasteiger partial charge in [-0.3, -0.25) is 14.6 Å². The first-order chi connectivity index (χ1) is 13.9. The highest BCUT2D eigenvalue weighted by Crippen LogP contribution is 2.34. The number of H-pyrrole nitrogens is 1. The summed E-state index contributed by atoms with van der Waals surface area (Å²) in [5, 5.41) is 26.1. The van der Waals surface area contributed by atoms with Crippen molar-refractivity contribution < 1.29 is 0 Å². The van der Waals surface area contributed by atoms with Gasteiger partial charge in [0.2, 0.25) is 0 Å². The molecule has 9 heteroatoms. The van der Waals surface area contributed by atoms with Crippen molar-refractivity contribution in [3.63, 3.8) is 0 Å². The second-order valence-corrected chi connectivity index (χ2v) is 9.16. The molecule has 3 aromatic rings. The molecule has 3 heterocycles. The highest BCUT2D eigenvalue weighted by molar-refractivity contribution is 5.56. The van der Waals surface area contributed by atoms with Crippen LogP contribution in [0.4, 0.5) is 11.5 Å². The zero-order valence-corrected chi connectivity index (χ0v) is 18.3. The number of aromatic amines is 1. The van der Waals surface area contributed by atoms with Gasteiger partial charge in [0.25, 0.3) is 5.56 Å². The number of nitrogens with zero attached hydrogens (tertiary/aromatic N) is 7. The number of aromatic nitrogens is 5. The van der Waals surface area contributed by atoms with Gasteiger partial charge in [0.15, 0.2) is 17.3 Å². The number of aryl methyl sites for hydroxylation is 1. The fraction of sp³-hybridized carbons (Fsp3) is 0.429. The molecule has 0 fully saturated rings. The topological polar surface area (TPSA) is 117 Å². The van der Waals surface area contributed by atoms with Crippen molar-refractivity contribution >= 4 is 11.5 Å². The van der Waals surface area contributed by atoms with Crippen molar-refractivity contribution in [3.8, 4) is 11.9 Å². The molecule has 156 valence electrons. The van der Waals surface area contributed by atoms with E-state index in [1.54, 1.807) is 25.4 Å². The van der Waals surface area contributed by atoms with Crippen LogP contribution >= 0.6 is 0 Å². The largest absolute Gasteiger partial charge is 0.297 e. The number of rotatable bonds is 3. The molecule has 30 heavy (non-hydrogen) atoms. The lowest BCUT2D eigenvalue weighted by molar-refractivity contribution is 0.552. The van der Waals surface area contributed by atoms with Gasteiger partial charge in [0, 0.05) is 24.1 Å². The minimum atomic E-state index is -0.393. The molecule has 0 bridgehead atoms. The number of hydrogen-bond donors (Lipinski definition) is 1. The van der Waals surface area contributed by atoms with E-state index in [1.807, 2.05) is 47.6 Å². The Morgan fingerprint density at radius 1 is 1.10 bits per heavy atom. The third kappa shape index (κ3) is 3.81. The zero-order valence-electron chi connectivity index (χ0n) is 18.3. The summed E-state index contributed by atoms with van der Waals surface area (Å²) < 4.78 is 2.87. The Labute approximate surface area is 175 Å². The number of azo groups is 1. The number of nitrogens with one attached hydrogen (secondary N) is 1. The van der Waals surface area contributed by atoms with E-state index < -0.39 is 5.41 Å². The van der Waals surface area contributed by atoms with Crippen LogP contribution in [0.3, 0.4) is 0 Å². The van der Waals surface area contributed by atoms with Crippen LogP contribution in [0.25, 0.3) is 5.82 Å². The van der Waals surface area contributed by atoms with E-state index in [0.717, 1.165) is 0 Å². The molecular weight excluding hydrogens is 380 g/mol. The fourth-order valence-electron chi connectivity index (χ4n) is 3.02. The average Bonchev–Trinajstić information content (AvgIpc) is 3.18. The van der Waals surface area contributed by atoms with Gasteiger partial charge >= 0.3 is 0 Å². The lowest BCUT2D eigenvalue weighted by atomic mass is 9.90. The molecule has 1 N–H and O–H groups in total. The van der Waals surface area contributed by atoms with Crippen LogP contribution in [-0.2, 0) is 17.9 Å². The van der Waals surface area contributed by atoms with Gasteiger partial charge in [-0.1, -0.05) is 47.6 Å². The van der Waals surface area contributed by atoms with Crippen LogP contribution in [0.5, 0.6) is 0 Å². The molecule has 0 aromatic carbocycles. The van der Waals surface area contributed by atoms with E-state index in [1.165, 1.54) is 9.36 Å². The highest BCUT2D eigenvalue weighted by atomic mass is 16.1. The first kappa shape index (κ1) is 21.2. The monoisotopic (exact) mass is 406 g/mol. The normalized spacial score (nSPS) is 12.5. The quantitative estimate of drug-likeness (QED) is 0.657. The maximum Gasteiger partial charge on any atom is 0.294 e. The minimum Gasteiger partial charge on any atom is -0.297 e. The van der Waals surface area contributed by atoms with Crippen molar-refractivity contribution in [1.29, 1.82) is 5.26 Å². The predicted octanol–water partition coefficient (Wildman–Crippen LogP) is 4.18. The third-order valence-corrected chi connectivity index (χ3v) is 4.57. The van der Waals surface area contributed by atoms with Crippen LogP contribution in [0, 0.1) is 11.3 Å². The molecular formula is C21H26N8O. The third-order valence-electron chi connectivity index (χ3n) is 4.57. The van der Waals surface area contributed by atoms with Gasteiger partial charge in [-0.2, -0.15) is 15.0 Å². The fourth-order valence-corrected chi connectivity index (χ4v) is 3.02. The summed E-state index contributed by atoms with van der Waals surface area (Å²) in [6.07, 6.45) is 1.64. The first-order valence-electron chi connectivity index (χ1n) is 9.61. The first-order valence-corrected chi connectivity index (χ1v) is 9.61. The van der Waals surface area contributed by atoms with Crippen molar-refractivity contribution in [2.24, 2.45) is 17.3 Å².